The SMILES string of the molecule is CC(C)[C@H]1CNCC[C@H]1O. The average molecular weight is 143 g/mol. The highest BCUT2D eigenvalue weighted by Gasteiger charge is 2.24. The molecule has 2 atom stereocenters. The highest BCUT2D eigenvalue weighted by molar-refractivity contribution is 4.78. The summed E-state index contributed by atoms with van der Waals surface area (Å²) in [7, 11) is 0. The summed E-state index contributed by atoms with van der Waals surface area (Å²) >= 11 is 0. The zero-order valence-corrected chi connectivity index (χ0v) is 6.80. The molecule has 60 valence electrons. The van der Waals surface area contributed by atoms with Gasteiger partial charge in [-0.2, -0.15) is 0 Å². The maximum atomic E-state index is 9.50. The van der Waals surface area contributed by atoms with Gasteiger partial charge in [-0.1, -0.05) is 13.8 Å². The van der Waals surface area contributed by atoms with Crippen molar-refractivity contribution in [2.24, 2.45) is 11.8 Å². The lowest BCUT2D eigenvalue weighted by Crippen LogP contribution is -2.42. The van der Waals surface area contributed by atoms with Crippen LogP contribution < -0.4 is 5.32 Å². The first-order valence-corrected chi connectivity index (χ1v) is 4.10. The van der Waals surface area contributed by atoms with E-state index in [1.807, 2.05) is 0 Å². The van der Waals surface area contributed by atoms with Gasteiger partial charge in [0, 0.05) is 6.54 Å². The third-order valence-electron chi connectivity index (χ3n) is 2.35. The number of nitrogens with one attached hydrogen (secondary N) is 1. The lowest BCUT2D eigenvalue weighted by atomic mass is 9.86. The van der Waals surface area contributed by atoms with Crippen LogP contribution >= 0.6 is 0 Å². The largest absolute Gasteiger partial charge is 0.393 e. The van der Waals surface area contributed by atoms with E-state index in [2.05, 4.69) is 19.2 Å². The Bertz CT molecular complexity index is 103. The number of hydrogen-bond donors (Lipinski definition) is 2. The molecule has 0 spiro atoms. The summed E-state index contributed by atoms with van der Waals surface area (Å²) in [6, 6.07) is 0. The van der Waals surface area contributed by atoms with Crippen molar-refractivity contribution in [1.29, 1.82) is 0 Å². The zero-order chi connectivity index (χ0) is 7.56. The smallest absolute Gasteiger partial charge is 0.0595 e. The maximum absolute atomic E-state index is 9.50. The Morgan fingerprint density at radius 2 is 2.20 bits per heavy atom. The molecular weight excluding hydrogens is 126 g/mol. The van der Waals surface area contributed by atoms with E-state index in [1.165, 1.54) is 0 Å². The summed E-state index contributed by atoms with van der Waals surface area (Å²) in [6.07, 6.45) is 0.851. The molecule has 1 rings (SSSR count). The maximum Gasteiger partial charge on any atom is 0.0595 e. The van der Waals surface area contributed by atoms with Gasteiger partial charge in [0.05, 0.1) is 6.10 Å². The fourth-order valence-corrected chi connectivity index (χ4v) is 1.55. The second-order valence-corrected chi connectivity index (χ2v) is 3.47. The molecule has 1 saturated heterocycles. The van der Waals surface area contributed by atoms with E-state index in [4.69, 9.17) is 0 Å². The van der Waals surface area contributed by atoms with Crippen LogP contribution in [0.25, 0.3) is 0 Å². The van der Waals surface area contributed by atoms with Gasteiger partial charge in [-0.3, -0.25) is 0 Å². The minimum absolute atomic E-state index is 0.0683. The number of piperidine rings is 1. The van der Waals surface area contributed by atoms with Gasteiger partial charge in [-0.15, -0.1) is 0 Å². The Morgan fingerprint density at radius 3 is 2.60 bits per heavy atom. The van der Waals surface area contributed by atoms with Crippen LogP contribution in [0.15, 0.2) is 0 Å². The normalized spacial score (nSPS) is 34.8. The van der Waals surface area contributed by atoms with Gasteiger partial charge in [0.2, 0.25) is 0 Å². The van der Waals surface area contributed by atoms with Gasteiger partial charge < -0.3 is 10.4 Å². The molecular formula is C8H17NO. The molecule has 2 N–H and O–H groups in total. The standard InChI is InChI=1S/C8H17NO/c1-6(2)7-5-9-4-3-8(7)10/h6-10H,3-5H2,1-2H3/t7-,8-/m1/s1. The first-order chi connectivity index (χ1) is 4.72. The first kappa shape index (κ1) is 8.02. The van der Waals surface area contributed by atoms with Gasteiger partial charge >= 0.3 is 0 Å². The molecule has 0 aromatic heterocycles. The van der Waals surface area contributed by atoms with Crippen molar-refractivity contribution in [3.05, 3.63) is 0 Å². The fourth-order valence-electron chi connectivity index (χ4n) is 1.55. The molecule has 2 nitrogen and oxygen atoms in total. The van der Waals surface area contributed by atoms with Crippen LogP contribution in [0.2, 0.25) is 0 Å². The second kappa shape index (κ2) is 3.35. The van der Waals surface area contributed by atoms with Crippen LogP contribution in [-0.2, 0) is 0 Å². The molecule has 0 aliphatic carbocycles. The van der Waals surface area contributed by atoms with Crippen LogP contribution in [0.4, 0.5) is 0 Å². The summed E-state index contributed by atoms with van der Waals surface area (Å²) < 4.78 is 0. The summed E-state index contributed by atoms with van der Waals surface area (Å²) in [5.74, 6) is 1.07. The molecule has 1 aliphatic rings. The molecule has 1 aliphatic heterocycles. The lowest BCUT2D eigenvalue weighted by Gasteiger charge is -2.31. The van der Waals surface area contributed by atoms with Crippen LogP contribution in [0.5, 0.6) is 0 Å². The third kappa shape index (κ3) is 1.70. The fraction of sp³-hybridized carbons (Fsp3) is 1.00. The predicted octanol–water partition coefficient (Wildman–Crippen LogP) is 0.613. The monoisotopic (exact) mass is 143 g/mol. The molecule has 10 heavy (non-hydrogen) atoms. The molecule has 0 aromatic rings. The van der Waals surface area contributed by atoms with Crippen molar-refractivity contribution < 1.29 is 5.11 Å². The van der Waals surface area contributed by atoms with Crippen molar-refractivity contribution in [2.45, 2.75) is 26.4 Å². The van der Waals surface area contributed by atoms with Crippen LogP contribution in [0, 0.1) is 11.8 Å². The zero-order valence-electron chi connectivity index (χ0n) is 6.80. The summed E-state index contributed by atoms with van der Waals surface area (Å²) in [5, 5.41) is 12.8. The molecule has 1 heterocycles. The van der Waals surface area contributed by atoms with Gasteiger partial charge in [0.1, 0.15) is 0 Å². The molecule has 2 heteroatoms. The third-order valence-corrected chi connectivity index (χ3v) is 2.35. The van der Waals surface area contributed by atoms with Crippen molar-refractivity contribution in [3.8, 4) is 0 Å². The molecule has 0 aromatic carbocycles. The Morgan fingerprint density at radius 1 is 1.50 bits per heavy atom. The second-order valence-electron chi connectivity index (χ2n) is 3.47. The van der Waals surface area contributed by atoms with Crippen molar-refractivity contribution in [2.75, 3.05) is 13.1 Å². The lowest BCUT2D eigenvalue weighted by molar-refractivity contribution is 0.0551. The molecule has 0 amide bonds. The highest BCUT2D eigenvalue weighted by Crippen LogP contribution is 2.19. The van der Waals surface area contributed by atoms with E-state index in [0.29, 0.717) is 11.8 Å². The Kier molecular flexibility index (Phi) is 2.69. The van der Waals surface area contributed by atoms with Crippen molar-refractivity contribution >= 4 is 0 Å². The van der Waals surface area contributed by atoms with E-state index >= 15 is 0 Å². The van der Waals surface area contributed by atoms with E-state index in [1.54, 1.807) is 0 Å². The Labute approximate surface area is 62.6 Å². The molecule has 0 bridgehead atoms. The number of hydrogen-bond acceptors (Lipinski definition) is 2. The van der Waals surface area contributed by atoms with Crippen molar-refractivity contribution in [3.63, 3.8) is 0 Å². The Hall–Kier alpha value is -0.0800. The van der Waals surface area contributed by atoms with Gasteiger partial charge in [0.15, 0.2) is 0 Å². The quantitative estimate of drug-likeness (QED) is 0.564. The molecule has 0 unspecified atom stereocenters. The number of rotatable bonds is 1. The number of aliphatic hydroxyl groups excluding tert-OH is 1. The van der Waals surface area contributed by atoms with E-state index in [0.717, 1.165) is 19.5 Å². The van der Waals surface area contributed by atoms with Gasteiger partial charge in [-0.25, -0.2) is 0 Å². The van der Waals surface area contributed by atoms with Crippen LogP contribution in [-0.4, -0.2) is 24.3 Å². The molecule has 1 fully saturated rings. The summed E-state index contributed by atoms with van der Waals surface area (Å²) in [5.41, 5.74) is 0. The van der Waals surface area contributed by atoms with E-state index in [9.17, 15) is 5.11 Å². The number of aliphatic hydroxyl groups is 1. The topological polar surface area (TPSA) is 32.3 Å². The highest BCUT2D eigenvalue weighted by atomic mass is 16.3. The van der Waals surface area contributed by atoms with Gasteiger partial charge in [-0.05, 0) is 24.8 Å². The van der Waals surface area contributed by atoms with Crippen molar-refractivity contribution in [1.82, 2.24) is 5.32 Å². The minimum Gasteiger partial charge on any atom is -0.393 e. The molecule has 0 radical (unpaired) electrons. The summed E-state index contributed by atoms with van der Waals surface area (Å²) in [6.45, 7) is 6.30. The summed E-state index contributed by atoms with van der Waals surface area (Å²) in [4.78, 5) is 0. The average Bonchev–Trinajstić information content (AvgIpc) is 1.88. The predicted molar refractivity (Wildman–Crippen MR) is 41.8 cm³/mol. The Balaban J connectivity index is 2.40. The van der Waals surface area contributed by atoms with Gasteiger partial charge in [0.25, 0.3) is 0 Å². The minimum atomic E-state index is -0.0683. The van der Waals surface area contributed by atoms with E-state index < -0.39 is 0 Å². The first-order valence-electron chi connectivity index (χ1n) is 4.10. The van der Waals surface area contributed by atoms with E-state index in [-0.39, 0.29) is 6.10 Å². The molecule has 0 saturated carbocycles. The van der Waals surface area contributed by atoms with Crippen LogP contribution in [0.1, 0.15) is 20.3 Å². The van der Waals surface area contributed by atoms with Crippen LogP contribution in [0.3, 0.4) is 0 Å².